The minimum absolute atomic E-state index is 0.147. The van der Waals surface area contributed by atoms with Gasteiger partial charge in [0.15, 0.2) is 17.1 Å². The lowest BCUT2D eigenvalue weighted by molar-refractivity contribution is -0.134. The van der Waals surface area contributed by atoms with E-state index in [4.69, 9.17) is 18.6 Å². The predicted octanol–water partition coefficient (Wildman–Crippen LogP) is 5.16. The maximum atomic E-state index is 12.4. The van der Waals surface area contributed by atoms with E-state index in [0.29, 0.717) is 17.7 Å². The van der Waals surface area contributed by atoms with E-state index in [9.17, 15) is 14.4 Å². The summed E-state index contributed by atoms with van der Waals surface area (Å²) in [6.07, 6.45) is 9.45. The van der Waals surface area contributed by atoms with Crippen LogP contribution in [0.25, 0.3) is 11.0 Å². The van der Waals surface area contributed by atoms with Gasteiger partial charge in [-0.15, -0.1) is 0 Å². The average Bonchev–Trinajstić information content (AvgIpc) is 2.69. The molecule has 0 atom stereocenters. The third-order valence-electron chi connectivity index (χ3n) is 4.56. The van der Waals surface area contributed by atoms with E-state index in [1.807, 2.05) is 0 Å². The number of para-hydroxylation sites is 1. The zero-order chi connectivity index (χ0) is 21.9. The molecule has 0 aliphatic carbocycles. The van der Waals surface area contributed by atoms with Crippen LogP contribution >= 0.6 is 0 Å². The molecule has 0 bridgehead atoms. The first-order valence-corrected chi connectivity index (χ1v) is 10.5. The van der Waals surface area contributed by atoms with E-state index in [1.54, 1.807) is 18.2 Å². The summed E-state index contributed by atoms with van der Waals surface area (Å²) >= 11 is 0. The maximum Gasteiger partial charge on any atom is 0.383 e. The number of benzene rings is 1. The van der Waals surface area contributed by atoms with Gasteiger partial charge in [-0.1, -0.05) is 57.9 Å². The molecule has 0 saturated carbocycles. The Kier molecular flexibility index (Phi) is 9.38. The standard InChI is InChI=1S/C23H30O7/c1-4-5-6-7-8-9-10-11-15-27-19-14-12-13-18-20(19)30-23(26)22(29-17(3)25)21(18)28-16(2)24/h12-14H,4-11,15H2,1-3H3. The monoisotopic (exact) mass is 418 g/mol. The van der Waals surface area contributed by atoms with Gasteiger partial charge < -0.3 is 18.6 Å². The summed E-state index contributed by atoms with van der Waals surface area (Å²) in [6, 6.07) is 4.97. The van der Waals surface area contributed by atoms with E-state index in [0.717, 1.165) is 19.8 Å². The highest BCUT2D eigenvalue weighted by atomic mass is 16.6. The summed E-state index contributed by atoms with van der Waals surface area (Å²) in [5.74, 6) is -1.61. The Hall–Kier alpha value is -2.83. The number of ether oxygens (including phenoxy) is 3. The van der Waals surface area contributed by atoms with Crippen LogP contribution in [-0.2, 0) is 9.59 Å². The van der Waals surface area contributed by atoms with Crippen molar-refractivity contribution in [1.29, 1.82) is 0 Å². The summed E-state index contributed by atoms with van der Waals surface area (Å²) in [6.45, 7) is 5.02. The van der Waals surface area contributed by atoms with Gasteiger partial charge in [0.2, 0.25) is 0 Å². The van der Waals surface area contributed by atoms with Crippen LogP contribution in [0.1, 0.15) is 72.1 Å². The molecule has 0 aliphatic rings. The first-order valence-electron chi connectivity index (χ1n) is 10.5. The van der Waals surface area contributed by atoms with Crippen LogP contribution < -0.4 is 19.8 Å². The summed E-state index contributed by atoms with van der Waals surface area (Å²) in [4.78, 5) is 35.2. The van der Waals surface area contributed by atoms with E-state index in [-0.39, 0.29) is 11.3 Å². The lowest BCUT2D eigenvalue weighted by Crippen LogP contribution is -2.15. The highest BCUT2D eigenvalue weighted by molar-refractivity contribution is 5.92. The minimum atomic E-state index is -0.919. The predicted molar refractivity (Wildman–Crippen MR) is 113 cm³/mol. The fourth-order valence-electron chi connectivity index (χ4n) is 3.16. The summed E-state index contributed by atoms with van der Waals surface area (Å²) in [5, 5.41) is 0.314. The Morgan fingerprint density at radius 1 is 0.867 bits per heavy atom. The van der Waals surface area contributed by atoms with Crippen molar-refractivity contribution in [1.82, 2.24) is 0 Å². The van der Waals surface area contributed by atoms with Gasteiger partial charge in [-0.3, -0.25) is 9.59 Å². The van der Waals surface area contributed by atoms with Gasteiger partial charge in [0.1, 0.15) is 0 Å². The molecule has 1 aromatic heterocycles. The van der Waals surface area contributed by atoms with Crippen LogP contribution in [-0.4, -0.2) is 18.5 Å². The number of unbranched alkanes of at least 4 members (excludes halogenated alkanes) is 7. The minimum Gasteiger partial charge on any atom is -0.490 e. The van der Waals surface area contributed by atoms with Gasteiger partial charge in [-0.05, 0) is 18.6 Å². The van der Waals surface area contributed by atoms with Gasteiger partial charge in [0, 0.05) is 13.8 Å². The second-order valence-electron chi connectivity index (χ2n) is 7.19. The Balaban J connectivity index is 2.11. The van der Waals surface area contributed by atoms with Crippen LogP contribution in [0.3, 0.4) is 0 Å². The Morgan fingerprint density at radius 2 is 1.47 bits per heavy atom. The third-order valence-corrected chi connectivity index (χ3v) is 4.56. The van der Waals surface area contributed by atoms with Crippen molar-refractivity contribution in [3.63, 3.8) is 0 Å². The number of hydrogen-bond acceptors (Lipinski definition) is 7. The van der Waals surface area contributed by atoms with Crippen molar-refractivity contribution in [2.75, 3.05) is 6.61 Å². The lowest BCUT2D eigenvalue weighted by atomic mass is 10.1. The molecular formula is C23H30O7. The number of carbonyl (C=O) groups excluding carboxylic acids is 2. The van der Waals surface area contributed by atoms with E-state index in [2.05, 4.69) is 6.92 Å². The molecule has 1 heterocycles. The van der Waals surface area contributed by atoms with Crippen molar-refractivity contribution < 1.29 is 28.2 Å². The van der Waals surface area contributed by atoms with Gasteiger partial charge >= 0.3 is 17.6 Å². The number of esters is 2. The molecule has 2 aromatic rings. The van der Waals surface area contributed by atoms with Crippen LogP contribution in [0.4, 0.5) is 0 Å². The second kappa shape index (κ2) is 12.0. The Morgan fingerprint density at radius 3 is 2.10 bits per heavy atom. The van der Waals surface area contributed by atoms with Crippen LogP contribution in [0.5, 0.6) is 17.2 Å². The quantitative estimate of drug-likeness (QED) is 0.267. The van der Waals surface area contributed by atoms with Gasteiger partial charge in [-0.25, -0.2) is 4.79 Å². The number of carbonyl (C=O) groups is 2. The fourth-order valence-corrected chi connectivity index (χ4v) is 3.16. The number of rotatable bonds is 12. The molecule has 0 radical (unpaired) electrons. The summed E-state index contributed by atoms with van der Waals surface area (Å²) < 4.78 is 21.2. The lowest BCUT2D eigenvalue weighted by Gasteiger charge is -2.12. The molecule has 0 fully saturated rings. The van der Waals surface area contributed by atoms with E-state index >= 15 is 0 Å². The molecule has 7 nitrogen and oxygen atoms in total. The van der Waals surface area contributed by atoms with E-state index < -0.39 is 23.3 Å². The van der Waals surface area contributed by atoms with Crippen LogP contribution in [0, 0.1) is 0 Å². The third kappa shape index (κ3) is 6.90. The zero-order valence-corrected chi connectivity index (χ0v) is 18.0. The van der Waals surface area contributed by atoms with Crippen molar-refractivity contribution >= 4 is 22.9 Å². The SMILES string of the molecule is CCCCCCCCCCOc1cccc2c(OC(C)=O)c(OC(C)=O)c(=O)oc12. The molecule has 0 N–H and O–H groups in total. The van der Waals surface area contributed by atoms with Crippen molar-refractivity contribution in [2.24, 2.45) is 0 Å². The average molecular weight is 418 g/mol. The first kappa shape index (κ1) is 23.4. The highest BCUT2D eigenvalue weighted by Gasteiger charge is 2.22. The number of fused-ring (bicyclic) bond motifs is 1. The molecule has 164 valence electrons. The fraction of sp³-hybridized carbons (Fsp3) is 0.522. The zero-order valence-electron chi connectivity index (χ0n) is 18.0. The molecular weight excluding hydrogens is 388 g/mol. The Labute approximate surface area is 176 Å². The number of hydrogen-bond donors (Lipinski definition) is 0. The molecule has 1 aromatic carbocycles. The van der Waals surface area contributed by atoms with E-state index in [1.165, 1.54) is 45.4 Å². The molecule has 7 heteroatoms. The van der Waals surface area contributed by atoms with Crippen molar-refractivity contribution in [2.45, 2.75) is 72.1 Å². The van der Waals surface area contributed by atoms with Crippen molar-refractivity contribution in [3.05, 3.63) is 28.6 Å². The largest absolute Gasteiger partial charge is 0.490 e. The molecule has 0 amide bonds. The molecule has 0 aliphatic heterocycles. The van der Waals surface area contributed by atoms with Crippen LogP contribution in [0.15, 0.2) is 27.4 Å². The second-order valence-corrected chi connectivity index (χ2v) is 7.19. The topological polar surface area (TPSA) is 92.0 Å². The summed E-state index contributed by atoms with van der Waals surface area (Å²) in [7, 11) is 0. The van der Waals surface area contributed by atoms with Crippen LogP contribution in [0.2, 0.25) is 0 Å². The van der Waals surface area contributed by atoms with Gasteiger partial charge in [-0.2, -0.15) is 0 Å². The summed E-state index contributed by atoms with van der Waals surface area (Å²) in [5.41, 5.74) is -0.772. The highest BCUT2D eigenvalue weighted by Crippen LogP contribution is 2.37. The van der Waals surface area contributed by atoms with Crippen molar-refractivity contribution in [3.8, 4) is 17.2 Å². The van der Waals surface area contributed by atoms with Gasteiger partial charge in [0.25, 0.3) is 5.75 Å². The molecule has 0 unspecified atom stereocenters. The first-order chi connectivity index (χ1) is 14.4. The maximum absolute atomic E-state index is 12.4. The Bertz CT molecular complexity index is 914. The normalized spacial score (nSPS) is 10.8. The molecule has 0 saturated heterocycles. The van der Waals surface area contributed by atoms with Gasteiger partial charge in [0.05, 0.1) is 12.0 Å². The molecule has 2 rings (SSSR count). The molecule has 30 heavy (non-hydrogen) atoms. The molecule has 0 spiro atoms. The smallest absolute Gasteiger partial charge is 0.383 e.